The molecule has 0 aliphatic carbocycles. The largest absolute Gasteiger partial charge is 0.469 e. The lowest BCUT2D eigenvalue weighted by atomic mass is 9.96. The van der Waals surface area contributed by atoms with Gasteiger partial charge in [0.1, 0.15) is 0 Å². The van der Waals surface area contributed by atoms with Crippen LogP contribution < -0.4 is 4.90 Å². The van der Waals surface area contributed by atoms with E-state index >= 15 is 0 Å². The molecule has 156 valence electrons. The van der Waals surface area contributed by atoms with Gasteiger partial charge >= 0.3 is 5.97 Å². The number of ether oxygens (including phenoxy) is 1. The van der Waals surface area contributed by atoms with Crippen molar-refractivity contribution in [1.82, 2.24) is 0 Å². The third-order valence-electron chi connectivity index (χ3n) is 5.22. The third kappa shape index (κ3) is 5.16. The molecule has 0 radical (unpaired) electrons. The predicted molar refractivity (Wildman–Crippen MR) is 113 cm³/mol. The van der Waals surface area contributed by atoms with Gasteiger partial charge in [-0.1, -0.05) is 30.3 Å². The van der Waals surface area contributed by atoms with E-state index in [2.05, 4.69) is 29.2 Å². The standard InChI is InChI=1S/C22H27NO5S/c1-16(22(24)27-2)19-12-11-18-10-9-17-7-4-5-8-20(17)23(21(18)15-19)13-6-14-28-29(3,25)26/h4-5,7-8,11-12,15-16H,6,9-10,13-14H2,1-3H3. The van der Waals surface area contributed by atoms with E-state index in [9.17, 15) is 13.2 Å². The predicted octanol–water partition coefficient (Wildman–Crippen LogP) is 3.57. The normalized spacial score (nSPS) is 14.5. The molecule has 2 aromatic rings. The molecule has 0 aromatic heterocycles. The van der Waals surface area contributed by atoms with Gasteiger partial charge in [-0.2, -0.15) is 8.42 Å². The average molecular weight is 418 g/mol. The number of nitrogens with zero attached hydrogens (tertiary/aromatic N) is 1. The van der Waals surface area contributed by atoms with Crippen LogP contribution in [-0.2, 0) is 36.7 Å². The molecule has 1 aliphatic rings. The van der Waals surface area contributed by atoms with E-state index in [0.717, 1.165) is 36.0 Å². The van der Waals surface area contributed by atoms with E-state index in [0.29, 0.717) is 13.0 Å². The minimum absolute atomic E-state index is 0.130. The van der Waals surface area contributed by atoms with E-state index < -0.39 is 10.1 Å². The van der Waals surface area contributed by atoms with Gasteiger partial charge in [0, 0.05) is 17.9 Å². The monoisotopic (exact) mass is 417 g/mol. The number of methoxy groups -OCH3 is 1. The van der Waals surface area contributed by atoms with Crippen molar-refractivity contribution in [3.8, 4) is 0 Å². The van der Waals surface area contributed by atoms with Crippen molar-refractivity contribution < 1.29 is 22.1 Å². The van der Waals surface area contributed by atoms with Crippen molar-refractivity contribution in [2.75, 3.05) is 31.4 Å². The zero-order valence-electron chi connectivity index (χ0n) is 17.1. The van der Waals surface area contributed by atoms with Crippen molar-refractivity contribution in [3.63, 3.8) is 0 Å². The summed E-state index contributed by atoms with van der Waals surface area (Å²) in [5.74, 6) is -0.633. The lowest BCUT2D eigenvalue weighted by Gasteiger charge is -2.28. The highest BCUT2D eigenvalue weighted by Gasteiger charge is 2.23. The molecule has 0 saturated carbocycles. The van der Waals surface area contributed by atoms with Gasteiger partial charge in [-0.15, -0.1) is 0 Å². The molecule has 29 heavy (non-hydrogen) atoms. The fourth-order valence-corrected chi connectivity index (χ4v) is 4.10. The molecule has 0 saturated heterocycles. The number of hydrogen-bond donors (Lipinski definition) is 0. The van der Waals surface area contributed by atoms with E-state index in [1.165, 1.54) is 18.2 Å². The van der Waals surface area contributed by atoms with Crippen LogP contribution in [0.1, 0.15) is 36.0 Å². The maximum Gasteiger partial charge on any atom is 0.312 e. The first-order valence-electron chi connectivity index (χ1n) is 9.70. The second-order valence-electron chi connectivity index (χ2n) is 7.29. The smallest absolute Gasteiger partial charge is 0.312 e. The number of rotatable bonds is 7. The van der Waals surface area contributed by atoms with Gasteiger partial charge < -0.3 is 9.64 Å². The Kier molecular flexibility index (Phi) is 6.59. The van der Waals surface area contributed by atoms with Crippen LogP contribution in [0.4, 0.5) is 11.4 Å². The number of carbonyl (C=O) groups excluding carboxylic acids is 1. The minimum atomic E-state index is -3.46. The van der Waals surface area contributed by atoms with Crippen LogP contribution in [0, 0.1) is 0 Å². The van der Waals surface area contributed by atoms with Gasteiger partial charge in [-0.3, -0.25) is 8.98 Å². The Balaban J connectivity index is 1.95. The zero-order valence-corrected chi connectivity index (χ0v) is 17.9. The highest BCUT2D eigenvalue weighted by atomic mass is 32.2. The summed E-state index contributed by atoms with van der Waals surface area (Å²) < 4.78 is 32.4. The van der Waals surface area contributed by atoms with Gasteiger partial charge in [0.05, 0.1) is 25.9 Å². The molecule has 0 spiro atoms. The topological polar surface area (TPSA) is 72.9 Å². The third-order valence-corrected chi connectivity index (χ3v) is 5.82. The van der Waals surface area contributed by atoms with Crippen LogP contribution in [0.5, 0.6) is 0 Å². The van der Waals surface area contributed by atoms with Crippen molar-refractivity contribution in [2.45, 2.75) is 32.1 Å². The number of fused-ring (bicyclic) bond motifs is 2. The molecule has 1 unspecified atom stereocenters. The summed E-state index contributed by atoms with van der Waals surface area (Å²) in [6.07, 6.45) is 3.43. The van der Waals surface area contributed by atoms with E-state index in [1.54, 1.807) is 0 Å². The maximum absolute atomic E-state index is 12.0. The fraction of sp³-hybridized carbons (Fsp3) is 0.409. The molecule has 0 amide bonds. The first kappa shape index (κ1) is 21.3. The van der Waals surface area contributed by atoms with Crippen LogP contribution in [0.3, 0.4) is 0 Å². The summed E-state index contributed by atoms with van der Waals surface area (Å²) in [6, 6.07) is 14.4. The Bertz CT molecular complexity index is 986. The van der Waals surface area contributed by atoms with Crippen LogP contribution in [0.2, 0.25) is 0 Å². The fourth-order valence-electron chi connectivity index (χ4n) is 3.68. The second-order valence-corrected chi connectivity index (χ2v) is 8.94. The van der Waals surface area contributed by atoms with Crippen LogP contribution in [0.15, 0.2) is 42.5 Å². The molecular formula is C22H27NO5S. The molecule has 6 nitrogen and oxygen atoms in total. The summed E-state index contributed by atoms with van der Waals surface area (Å²) in [6.45, 7) is 2.57. The maximum atomic E-state index is 12.0. The minimum Gasteiger partial charge on any atom is -0.469 e. The Hall–Kier alpha value is -2.38. The highest BCUT2D eigenvalue weighted by Crippen LogP contribution is 2.37. The zero-order chi connectivity index (χ0) is 21.0. The van der Waals surface area contributed by atoms with Gasteiger partial charge in [-0.25, -0.2) is 0 Å². The quantitative estimate of drug-likeness (QED) is 0.390. The van der Waals surface area contributed by atoms with Gasteiger partial charge in [-0.05, 0) is 55.0 Å². The number of anilines is 2. The highest BCUT2D eigenvalue weighted by molar-refractivity contribution is 7.85. The molecule has 0 bridgehead atoms. The van der Waals surface area contributed by atoms with E-state index in [1.807, 2.05) is 25.1 Å². The SMILES string of the molecule is COC(=O)C(C)c1ccc2c(c1)N(CCCOS(C)(=O)=O)c1ccccc1CC2. The molecule has 2 aromatic carbocycles. The Morgan fingerprint density at radius 1 is 1.10 bits per heavy atom. The van der Waals surface area contributed by atoms with Gasteiger partial charge in [0.25, 0.3) is 10.1 Å². The van der Waals surface area contributed by atoms with Gasteiger partial charge in [0.2, 0.25) is 0 Å². The summed E-state index contributed by atoms with van der Waals surface area (Å²) in [5.41, 5.74) is 5.49. The second kappa shape index (κ2) is 8.97. The molecule has 0 fully saturated rings. The lowest BCUT2D eigenvalue weighted by molar-refractivity contribution is -0.141. The Morgan fingerprint density at radius 2 is 1.79 bits per heavy atom. The Morgan fingerprint density at radius 3 is 2.48 bits per heavy atom. The molecule has 7 heteroatoms. The Labute approximate surface area is 172 Å². The number of hydrogen-bond acceptors (Lipinski definition) is 6. The van der Waals surface area contributed by atoms with Crippen molar-refractivity contribution in [2.24, 2.45) is 0 Å². The molecular weight excluding hydrogens is 390 g/mol. The number of esters is 1. The molecule has 3 rings (SSSR count). The number of para-hydroxylation sites is 1. The average Bonchev–Trinajstić information content (AvgIpc) is 2.86. The summed E-state index contributed by atoms with van der Waals surface area (Å²) in [7, 11) is -2.06. The van der Waals surface area contributed by atoms with Crippen molar-refractivity contribution in [3.05, 3.63) is 59.2 Å². The molecule has 0 N–H and O–H groups in total. The number of aryl methyl sites for hydroxylation is 2. The van der Waals surface area contributed by atoms with Crippen LogP contribution in [-0.4, -0.2) is 40.9 Å². The number of benzene rings is 2. The molecule has 1 heterocycles. The molecule has 1 aliphatic heterocycles. The van der Waals surface area contributed by atoms with Gasteiger partial charge in [0.15, 0.2) is 0 Å². The van der Waals surface area contributed by atoms with E-state index in [-0.39, 0.29) is 18.5 Å². The number of carbonyl (C=O) groups is 1. The first-order valence-corrected chi connectivity index (χ1v) is 11.5. The summed E-state index contributed by atoms with van der Waals surface area (Å²) in [4.78, 5) is 14.2. The first-order chi connectivity index (χ1) is 13.8. The van der Waals surface area contributed by atoms with E-state index in [4.69, 9.17) is 8.92 Å². The van der Waals surface area contributed by atoms with Crippen molar-refractivity contribution >= 4 is 27.5 Å². The van der Waals surface area contributed by atoms with Crippen molar-refractivity contribution in [1.29, 1.82) is 0 Å². The lowest BCUT2D eigenvalue weighted by Crippen LogP contribution is -2.22. The van der Waals surface area contributed by atoms with Crippen LogP contribution >= 0.6 is 0 Å². The van der Waals surface area contributed by atoms with Crippen LogP contribution in [0.25, 0.3) is 0 Å². The summed E-state index contributed by atoms with van der Waals surface area (Å²) >= 11 is 0. The molecule has 1 atom stereocenters. The summed E-state index contributed by atoms with van der Waals surface area (Å²) in [5, 5.41) is 0.